The second-order valence-corrected chi connectivity index (χ2v) is 8.00. The summed E-state index contributed by atoms with van der Waals surface area (Å²) >= 11 is 0. The van der Waals surface area contributed by atoms with Crippen molar-refractivity contribution in [2.24, 2.45) is 0 Å². The molecular formula is C24H25N3O3. The fraction of sp³-hybridized carbons (Fsp3) is 0.333. The zero-order valence-corrected chi connectivity index (χ0v) is 17.0. The van der Waals surface area contributed by atoms with Crippen LogP contribution in [0.5, 0.6) is 0 Å². The van der Waals surface area contributed by atoms with E-state index in [1.165, 1.54) is 0 Å². The van der Waals surface area contributed by atoms with Crippen LogP contribution in [0.4, 0.5) is 0 Å². The Bertz CT molecular complexity index is 1090. The van der Waals surface area contributed by atoms with Gasteiger partial charge in [-0.3, -0.25) is 9.59 Å². The predicted molar refractivity (Wildman–Crippen MR) is 114 cm³/mol. The number of methoxy groups -OCH3 is 1. The van der Waals surface area contributed by atoms with Gasteiger partial charge in [0.05, 0.1) is 12.6 Å². The topological polar surface area (TPSA) is 65.6 Å². The number of benzene rings is 2. The average Bonchev–Trinajstić information content (AvgIpc) is 3.15. The first-order valence-electron chi connectivity index (χ1n) is 10.4. The monoisotopic (exact) mass is 403 g/mol. The molecule has 30 heavy (non-hydrogen) atoms. The highest BCUT2D eigenvalue weighted by atomic mass is 16.5. The number of H-pyrrole nitrogens is 1. The summed E-state index contributed by atoms with van der Waals surface area (Å²) in [6.45, 7) is 1.24. The molecular weight excluding hydrogens is 378 g/mol. The Labute approximate surface area is 175 Å². The van der Waals surface area contributed by atoms with Gasteiger partial charge in [-0.1, -0.05) is 48.5 Å². The molecule has 3 heterocycles. The number of hydrogen-bond acceptors (Lipinski definition) is 3. The molecule has 2 aliphatic heterocycles. The highest BCUT2D eigenvalue weighted by Crippen LogP contribution is 2.42. The molecule has 1 fully saturated rings. The lowest BCUT2D eigenvalue weighted by Crippen LogP contribution is -2.63. The quantitative estimate of drug-likeness (QED) is 0.666. The first-order valence-corrected chi connectivity index (χ1v) is 10.4. The third kappa shape index (κ3) is 2.99. The SMILES string of the molecule is COCCCN1CC(=O)N2[C@H](c3ccccc3)c3[nH]c4ccccc4c3C[C@H]2C1=O. The molecule has 5 rings (SSSR count). The molecule has 0 bridgehead atoms. The summed E-state index contributed by atoms with van der Waals surface area (Å²) in [4.78, 5) is 33.8. The zero-order valence-electron chi connectivity index (χ0n) is 17.0. The van der Waals surface area contributed by atoms with Crippen LogP contribution >= 0.6 is 0 Å². The van der Waals surface area contributed by atoms with Gasteiger partial charge in [-0.05, 0) is 23.6 Å². The Morgan fingerprint density at radius 2 is 1.83 bits per heavy atom. The van der Waals surface area contributed by atoms with Gasteiger partial charge in [0.15, 0.2) is 0 Å². The summed E-state index contributed by atoms with van der Waals surface area (Å²) in [7, 11) is 1.65. The maximum absolute atomic E-state index is 13.4. The first-order chi connectivity index (χ1) is 14.7. The third-order valence-corrected chi connectivity index (χ3v) is 6.23. The van der Waals surface area contributed by atoms with Crippen LogP contribution in [0.2, 0.25) is 0 Å². The molecule has 2 aliphatic rings. The maximum atomic E-state index is 13.4. The number of amides is 2. The van der Waals surface area contributed by atoms with Crippen LogP contribution in [0, 0.1) is 0 Å². The van der Waals surface area contributed by atoms with Crippen LogP contribution < -0.4 is 0 Å². The summed E-state index contributed by atoms with van der Waals surface area (Å²) in [5, 5.41) is 1.13. The van der Waals surface area contributed by atoms with Crippen LogP contribution in [0.25, 0.3) is 10.9 Å². The van der Waals surface area contributed by atoms with E-state index in [0.717, 1.165) is 34.1 Å². The molecule has 0 radical (unpaired) electrons. The third-order valence-electron chi connectivity index (χ3n) is 6.23. The van der Waals surface area contributed by atoms with E-state index in [4.69, 9.17) is 4.74 Å². The number of piperazine rings is 1. The van der Waals surface area contributed by atoms with Gasteiger partial charge < -0.3 is 19.5 Å². The molecule has 0 spiro atoms. The van der Waals surface area contributed by atoms with Crippen LogP contribution in [-0.2, 0) is 20.7 Å². The Kier molecular flexibility index (Phi) is 4.79. The number of fused-ring (bicyclic) bond motifs is 4. The van der Waals surface area contributed by atoms with Crippen LogP contribution in [0.15, 0.2) is 54.6 Å². The van der Waals surface area contributed by atoms with Gasteiger partial charge in [0, 0.05) is 43.3 Å². The predicted octanol–water partition coefficient (Wildman–Crippen LogP) is 2.89. The van der Waals surface area contributed by atoms with E-state index in [1.54, 1.807) is 12.0 Å². The number of carbonyl (C=O) groups is 2. The van der Waals surface area contributed by atoms with Crippen molar-refractivity contribution >= 4 is 22.7 Å². The van der Waals surface area contributed by atoms with E-state index < -0.39 is 6.04 Å². The second-order valence-electron chi connectivity index (χ2n) is 8.00. The number of aromatic amines is 1. The lowest BCUT2D eigenvalue weighted by Gasteiger charge is -2.47. The molecule has 2 atom stereocenters. The standard InChI is InChI=1S/C24H25N3O3/c1-30-13-7-12-26-15-21(28)27-20(24(26)29)14-18-17-10-5-6-11-19(17)25-22(18)23(27)16-8-3-2-4-9-16/h2-6,8-11,20,23,25H,7,12-15H2,1H3/t20-,23+/m0/s1. The van der Waals surface area contributed by atoms with Crippen LogP contribution in [0.3, 0.4) is 0 Å². The number of carbonyl (C=O) groups excluding carboxylic acids is 2. The minimum atomic E-state index is -0.481. The Hall–Kier alpha value is -3.12. The number of para-hydroxylation sites is 1. The minimum absolute atomic E-state index is 0.00447. The smallest absolute Gasteiger partial charge is 0.246 e. The summed E-state index contributed by atoms with van der Waals surface area (Å²) in [5.41, 5.74) is 4.22. The maximum Gasteiger partial charge on any atom is 0.246 e. The number of aromatic nitrogens is 1. The molecule has 3 aromatic rings. The Morgan fingerprint density at radius 1 is 1.07 bits per heavy atom. The van der Waals surface area contributed by atoms with E-state index in [2.05, 4.69) is 17.1 Å². The summed E-state index contributed by atoms with van der Waals surface area (Å²) in [6, 6.07) is 17.4. The molecule has 6 nitrogen and oxygen atoms in total. The molecule has 2 aromatic carbocycles. The van der Waals surface area contributed by atoms with Crippen LogP contribution in [0.1, 0.15) is 29.3 Å². The molecule has 1 aromatic heterocycles. The highest BCUT2D eigenvalue weighted by Gasteiger charge is 2.47. The van der Waals surface area contributed by atoms with Gasteiger partial charge in [-0.25, -0.2) is 0 Å². The van der Waals surface area contributed by atoms with Gasteiger partial charge in [0.25, 0.3) is 0 Å². The fourth-order valence-corrected chi connectivity index (χ4v) is 4.89. The average molecular weight is 403 g/mol. The number of rotatable bonds is 5. The number of hydrogen-bond donors (Lipinski definition) is 1. The van der Waals surface area contributed by atoms with E-state index >= 15 is 0 Å². The van der Waals surface area contributed by atoms with Crippen molar-refractivity contribution in [3.05, 3.63) is 71.4 Å². The van der Waals surface area contributed by atoms with Crippen molar-refractivity contribution in [1.29, 1.82) is 0 Å². The van der Waals surface area contributed by atoms with Gasteiger partial charge in [0.2, 0.25) is 11.8 Å². The van der Waals surface area contributed by atoms with Crippen molar-refractivity contribution in [3.8, 4) is 0 Å². The van der Waals surface area contributed by atoms with Gasteiger partial charge in [-0.2, -0.15) is 0 Å². The van der Waals surface area contributed by atoms with E-state index in [0.29, 0.717) is 19.6 Å². The molecule has 0 aliphatic carbocycles. The summed E-state index contributed by atoms with van der Waals surface area (Å²) in [5.74, 6) is 0.0257. The summed E-state index contributed by atoms with van der Waals surface area (Å²) in [6.07, 6.45) is 1.26. The normalized spacial score (nSPS) is 21.1. The van der Waals surface area contributed by atoms with Gasteiger partial charge in [-0.15, -0.1) is 0 Å². The molecule has 1 saturated heterocycles. The van der Waals surface area contributed by atoms with Crippen molar-refractivity contribution in [2.45, 2.75) is 24.9 Å². The molecule has 6 heteroatoms. The minimum Gasteiger partial charge on any atom is -0.385 e. The summed E-state index contributed by atoms with van der Waals surface area (Å²) < 4.78 is 5.12. The van der Waals surface area contributed by atoms with Crippen molar-refractivity contribution in [1.82, 2.24) is 14.8 Å². The molecule has 2 amide bonds. The fourth-order valence-electron chi connectivity index (χ4n) is 4.89. The number of nitrogens with zero attached hydrogens (tertiary/aromatic N) is 2. The van der Waals surface area contributed by atoms with Gasteiger partial charge >= 0.3 is 0 Å². The van der Waals surface area contributed by atoms with E-state index in [1.807, 2.05) is 47.4 Å². The molecule has 0 unspecified atom stereocenters. The Morgan fingerprint density at radius 3 is 2.63 bits per heavy atom. The lowest BCUT2D eigenvalue weighted by molar-refractivity contribution is -0.158. The van der Waals surface area contributed by atoms with E-state index in [-0.39, 0.29) is 24.4 Å². The van der Waals surface area contributed by atoms with E-state index in [9.17, 15) is 9.59 Å². The second kappa shape index (κ2) is 7.61. The number of nitrogens with one attached hydrogen (secondary N) is 1. The number of ether oxygens (including phenoxy) is 1. The van der Waals surface area contributed by atoms with Gasteiger partial charge in [0.1, 0.15) is 6.04 Å². The Balaban J connectivity index is 1.61. The van der Waals surface area contributed by atoms with Crippen molar-refractivity contribution in [2.75, 3.05) is 26.8 Å². The van der Waals surface area contributed by atoms with Crippen molar-refractivity contribution < 1.29 is 14.3 Å². The molecule has 0 saturated carbocycles. The highest BCUT2D eigenvalue weighted by molar-refractivity contribution is 5.97. The zero-order chi connectivity index (χ0) is 20.7. The molecule has 1 N–H and O–H groups in total. The lowest BCUT2D eigenvalue weighted by atomic mass is 9.86. The van der Waals surface area contributed by atoms with Crippen molar-refractivity contribution in [3.63, 3.8) is 0 Å². The van der Waals surface area contributed by atoms with Crippen LogP contribution in [-0.4, -0.2) is 59.4 Å². The molecule has 154 valence electrons. The largest absolute Gasteiger partial charge is 0.385 e. The first kappa shape index (κ1) is 18.9.